The maximum atomic E-state index is 12.2. The molecule has 9 nitrogen and oxygen atoms in total. The smallest absolute Gasteiger partial charge is 0.330 e. The number of hydrogen-bond donors (Lipinski definition) is 4. The van der Waals surface area contributed by atoms with Crippen molar-refractivity contribution in [3.63, 3.8) is 0 Å². The first-order chi connectivity index (χ1) is 12.4. The minimum atomic E-state index is -1.08. The van der Waals surface area contributed by atoms with E-state index in [0.29, 0.717) is 18.5 Å². The Hall–Kier alpha value is -1.78. The average molecular weight is 369 g/mol. The van der Waals surface area contributed by atoms with Crippen molar-refractivity contribution in [2.75, 3.05) is 26.8 Å². The molecule has 1 fully saturated rings. The van der Waals surface area contributed by atoms with Crippen molar-refractivity contribution in [3.05, 3.63) is 44.8 Å². The summed E-state index contributed by atoms with van der Waals surface area (Å²) < 4.78 is 12.0. The van der Waals surface area contributed by atoms with Gasteiger partial charge in [-0.1, -0.05) is 5.57 Å². The number of nitrogens with one attached hydrogen (secondary N) is 2. The Morgan fingerprint density at radius 3 is 2.81 bits per heavy atom. The maximum absolute atomic E-state index is 12.2. The molecular formula is C17H27N3O6. The summed E-state index contributed by atoms with van der Waals surface area (Å²) in [6, 6.07) is 0. The first-order valence-electron chi connectivity index (χ1n) is 8.55. The summed E-state index contributed by atoms with van der Waals surface area (Å²) in [7, 11) is 1.38. The van der Waals surface area contributed by atoms with Crippen molar-refractivity contribution in [3.8, 4) is 0 Å². The van der Waals surface area contributed by atoms with E-state index >= 15 is 0 Å². The molecule has 0 radical (unpaired) electrons. The Kier molecular flexibility index (Phi) is 7.30. The van der Waals surface area contributed by atoms with Crippen molar-refractivity contribution in [2.45, 2.75) is 44.3 Å². The predicted molar refractivity (Wildman–Crippen MR) is 95.1 cm³/mol. The van der Waals surface area contributed by atoms with Gasteiger partial charge in [-0.2, -0.15) is 0 Å². The molecule has 0 amide bonds. The van der Waals surface area contributed by atoms with Crippen molar-refractivity contribution in [1.29, 1.82) is 0 Å². The van der Waals surface area contributed by atoms with Gasteiger partial charge in [0.15, 0.2) is 6.23 Å². The van der Waals surface area contributed by atoms with Gasteiger partial charge in [0.2, 0.25) is 0 Å². The fourth-order valence-corrected chi connectivity index (χ4v) is 2.89. The van der Waals surface area contributed by atoms with Gasteiger partial charge in [0.1, 0.15) is 18.3 Å². The molecule has 146 valence electrons. The minimum Gasteiger partial charge on any atom is -0.394 e. The van der Waals surface area contributed by atoms with E-state index in [1.807, 2.05) is 6.92 Å². The Morgan fingerprint density at radius 1 is 1.46 bits per heavy atom. The number of aromatic amines is 1. The van der Waals surface area contributed by atoms with E-state index in [9.17, 15) is 19.8 Å². The molecule has 1 saturated heterocycles. The van der Waals surface area contributed by atoms with E-state index < -0.39 is 42.4 Å². The van der Waals surface area contributed by atoms with Gasteiger partial charge in [-0.3, -0.25) is 14.3 Å². The summed E-state index contributed by atoms with van der Waals surface area (Å²) in [5.41, 5.74) is 0.365. The maximum Gasteiger partial charge on any atom is 0.330 e. The van der Waals surface area contributed by atoms with Gasteiger partial charge in [-0.15, -0.1) is 6.58 Å². The van der Waals surface area contributed by atoms with Crippen LogP contribution in [0.15, 0.2) is 27.9 Å². The number of hydrogen-bond acceptors (Lipinski definition) is 7. The van der Waals surface area contributed by atoms with Gasteiger partial charge >= 0.3 is 5.69 Å². The molecule has 9 heteroatoms. The van der Waals surface area contributed by atoms with Gasteiger partial charge in [0, 0.05) is 18.9 Å². The van der Waals surface area contributed by atoms with Crippen LogP contribution in [0.4, 0.5) is 0 Å². The standard InChI is InChI=1S/C17H27N3O6/c1-10(2)4-6-18-7-5-11-8-20(17(24)19-15(11)23)16-14(25-3)13(22)12(9-21)26-16/h8,12-14,16,18,21-22H,1,4-7,9H2,2-3H3,(H,19,23,24)/t12-,13-,14-,16-/m1/s1. The Labute approximate surface area is 151 Å². The van der Waals surface area contributed by atoms with Gasteiger partial charge < -0.3 is 25.0 Å². The lowest BCUT2D eigenvalue weighted by molar-refractivity contribution is -0.0626. The number of rotatable bonds is 9. The Balaban J connectivity index is 2.15. The summed E-state index contributed by atoms with van der Waals surface area (Å²) in [6.45, 7) is 6.69. The van der Waals surface area contributed by atoms with Crippen LogP contribution in [0.3, 0.4) is 0 Å². The van der Waals surface area contributed by atoms with Gasteiger partial charge in [-0.25, -0.2) is 4.79 Å². The van der Waals surface area contributed by atoms with E-state index in [-0.39, 0.29) is 0 Å². The Morgan fingerprint density at radius 2 is 2.19 bits per heavy atom. The van der Waals surface area contributed by atoms with E-state index in [1.165, 1.54) is 17.9 Å². The monoisotopic (exact) mass is 369 g/mol. The second kappa shape index (κ2) is 9.24. The highest BCUT2D eigenvalue weighted by Crippen LogP contribution is 2.30. The summed E-state index contributed by atoms with van der Waals surface area (Å²) in [6.07, 6.45) is -1.03. The van der Waals surface area contributed by atoms with Crippen LogP contribution in [0, 0.1) is 0 Å². The highest BCUT2D eigenvalue weighted by molar-refractivity contribution is 5.07. The van der Waals surface area contributed by atoms with E-state index in [2.05, 4.69) is 16.9 Å². The number of ether oxygens (including phenoxy) is 2. The zero-order chi connectivity index (χ0) is 19.3. The summed E-state index contributed by atoms with van der Waals surface area (Å²) >= 11 is 0. The van der Waals surface area contributed by atoms with Crippen LogP contribution in [0.1, 0.15) is 25.1 Å². The molecule has 0 unspecified atom stereocenters. The van der Waals surface area contributed by atoms with Crippen molar-refractivity contribution in [2.24, 2.45) is 0 Å². The molecule has 0 spiro atoms. The number of aliphatic hydroxyl groups is 2. The number of H-pyrrole nitrogens is 1. The molecule has 2 heterocycles. The molecule has 26 heavy (non-hydrogen) atoms. The van der Waals surface area contributed by atoms with Crippen molar-refractivity contribution < 1.29 is 19.7 Å². The second-order valence-corrected chi connectivity index (χ2v) is 6.47. The van der Waals surface area contributed by atoms with Crippen LogP contribution in [0.25, 0.3) is 0 Å². The van der Waals surface area contributed by atoms with E-state index in [0.717, 1.165) is 18.5 Å². The molecule has 1 aromatic rings. The van der Waals surface area contributed by atoms with E-state index in [4.69, 9.17) is 9.47 Å². The van der Waals surface area contributed by atoms with Crippen molar-refractivity contribution in [1.82, 2.24) is 14.9 Å². The molecule has 1 aliphatic heterocycles. The molecule has 4 atom stereocenters. The lowest BCUT2D eigenvalue weighted by Gasteiger charge is -2.21. The van der Waals surface area contributed by atoms with Crippen LogP contribution in [-0.4, -0.2) is 64.9 Å². The topological polar surface area (TPSA) is 126 Å². The molecule has 0 bridgehead atoms. The molecule has 0 aliphatic carbocycles. The van der Waals surface area contributed by atoms with Crippen molar-refractivity contribution >= 4 is 0 Å². The third kappa shape index (κ3) is 4.68. The van der Waals surface area contributed by atoms with Gasteiger partial charge in [-0.05, 0) is 32.9 Å². The lowest BCUT2D eigenvalue weighted by atomic mass is 10.1. The minimum absolute atomic E-state index is 0.408. The molecule has 0 aromatic carbocycles. The highest BCUT2D eigenvalue weighted by Gasteiger charge is 2.45. The summed E-state index contributed by atoms with van der Waals surface area (Å²) in [5, 5.41) is 22.6. The largest absolute Gasteiger partial charge is 0.394 e. The SMILES string of the molecule is C=C(C)CCNCCc1cn([C@@H]2O[C@H](CO)[C@@H](O)[C@H]2OC)c(=O)[nH]c1=O. The third-order valence-electron chi connectivity index (χ3n) is 4.38. The van der Waals surface area contributed by atoms with Crippen LogP contribution in [0.2, 0.25) is 0 Å². The van der Waals surface area contributed by atoms with Crippen LogP contribution in [0.5, 0.6) is 0 Å². The molecular weight excluding hydrogens is 342 g/mol. The summed E-state index contributed by atoms with van der Waals surface area (Å²) in [5.74, 6) is 0. The van der Waals surface area contributed by atoms with Crippen LogP contribution in [-0.2, 0) is 15.9 Å². The molecule has 2 rings (SSSR count). The zero-order valence-corrected chi connectivity index (χ0v) is 15.1. The predicted octanol–water partition coefficient (Wildman–Crippen LogP) is -1.10. The Bertz CT molecular complexity index is 728. The molecule has 4 N–H and O–H groups in total. The normalized spacial score (nSPS) is 25.5. The molecule has 0 saturated carbocycles. The number of aromatic nitrogens is 2. The van der Waals surface area contributed by atoms with Crippen LogP contribution >= 0.6 is 0 Å². The van der Waals surface area contributed by atoms with Gasteiger partial charge in [0.05, 0.1) is 6.61 Å². The van der Waals surface area contributed by atoms with Gasteiger partial charge in [0.25, 0.3) is 5.56 Å². The number of aliphatic hydroxyl groups excluding tert-OH is 2. The lowest BCUT2D eigenvalue weighted by Crippen LogP contribution is -2.40. The summed E-state index contributed by atoms with van der Waals surface area (Å²) in [4.78, 5) is 26.5. The number of methoxy groups -OCH3 is 1. The first-order valence-corrected chi connectivity index (χ1v) is 8.55. The molecule has 1 aromatic heterocycles. The van der Waals surface area contributed by atoms with E-state index in [1.54, 1.807) is 0 Å². The molecule has 1 aliphatic rings. The quantitative estimate of drug-likeness (QED) is 0.322. The highest BCUT2D eigenvalue weighted by atomic mass is 16.6. The number of nitrogens with zero attached hydrogens (tertiary/aromatic N) is 1. The first kappa shape index (κ1) is 20.5. The van der Waals surface area contributed by atoms with Crippen LogP contribution < -0.4 is 16.6 Å². The zero-order valence-electron chi connectivity index (χ0n) is 15.1. The fraction of sp³-hybridized carbons (Fsp3) is 0.647. The second-order valence-electron chi connectivity index (χ2n) is 6.47. The average Bonchev–Trinajstić information content (AvgIpc) is 2.91. The third-order valence-corrected chi connectivity index (χ3v) is 4.38. The fourth-order valence-electron chi connectivity index (χ4n) is 2.89.